The van der Waals surface area contributed by atoms with Crippen molar-refractivity contribution in [2.24, 2.45) is 28.3 Å². The van der Waals surface area contributed by atoms with Crippen molar-refractivity contribution in [2.75, 3.05) is 20.3 Å². The van der Waals surface area contributed by atoms with Gasteiger partial charge in [0.25, 0.3) is 0 Å². The monoisotopic (exact) mass is 637 g/mol. The van der Waals surface area contributed by atoms with Gasteiger partial charge in [-0.15, -0.1) is 4.76 Å². The van der Waals surface area contributed by atoms with Crippen molar-refractivity contribution in [2.45, 2.75) is 118 Å². The van der Waals surface area contributed by atoms with Crippen LogP contribution in [0.3, 0.4) is 0 Å². The molecule has 0 heterocycles. The van der Waals surface area contributed by atoms with Gasteiger partial charge in [0, 0.05) is 18.9 Å². The maximum atomic E-state index is 14.3. The van der Waals surface area contributed by atoms with Crippen molar-refractivity contribution in [3.05, 3.63) is 0 Å². The largest absolute Gasteiger partial charge is 0.510 e. The van der Waals surface area contributed by atoms with Gasteiger partial charge >= 0.3 is 26.0 Å². The van der Waals surface area contributed by atoms with E-state index in [0.717, 1.165) is 32.1 Å². The minimum Gasteiger partial charge on any atom is -0.480 e. The van der Waals surface area contributed by atoms with Crippen LogP contribution >= 0.6 is 7.75 Å². The van der Waals surface area contributed by atoms with Crippen molar-refractivity contribution >= 4 is 32.0 Å². The first kappa shape index (κ1) is 38.5. The number of carbonyl (C=O) groups excluding carboxylic acids is 2. The van der Waals surface area contributed by atoms with E-state index >= 15 is 0 Å². The smallest absolute Gasteiger partial charge is 0.480 e. The number of guanidine groups is 1. The average Bonchev–Trinajstić information content (AvgIpc) is 2.93. The highest BCUT2D eigenvalue weighted by Gasteiger charge is 2.40. The summed E-state index contributed by atoms with van der Waals surface area (Å²) >= 11 is 0. The zero-order chi connectivity index (χ0) is 32.6. The van der Waals surface area contributed by atoms with Gasteiger partial charge in [0.05, 0.1) is 13.2 Å². The van der Waals surface area contributed by atoms with Gasteiger partial charge in [-0.05, 0) is 31.6 Å². The molecular formula is C28H52N3O11P. The fourth-order valence-corrected chi connectivity index (χ4v) is 5.86. The Kier molecular flexibility index (Phi) is 17.6. The van der Waals surface area contributed by atoms with Crippen LogP contribution in [0.1, 0.15) is 99.3 Å². The lowest BCUT2D eigenvalue weighted by Gasteiger charge is -2.35. The molecule has 0 aliphatic heterocycles. The highest BCUT2D eigenvalue weighted by atomic mass is 31.2. The third-order valence-corrected chi connectivity index (χ3v) is 8.17. The fraction of sp³-hybridized carbons (Fsp3) is 0.857. The number of rotatable bonds is 18. The summed E-state index contributed by atoms with van der Waals surface area (Å²) in [4.78, 5) is 38.1. The zero-order valence-corrected chi connectivity index (χ0v) is 27.6. The van der Waals surface area contributed by atoms with Crippen molar-refractivity contribution in [3.63, 3.8) is 0 Å². The topological polar surface area (TPSA) is 186 Å². The molecule has 0 bridgehead atoms. The number of carboxylic acids is 1. The van der Waals surface area contributed by atoms with Gasteiger partial charge in [-0.1, -0.05) is 73.6 Å². The van der Waals surface area contributed by atoms with Crippen LogP contribution in [0.2, 0.25) is 0 Å². The Morgan fingerprint density at radius 2 is 1.33 bits per heavy atom. The summed E-state index contributed by atoms with van der Waals surface area (Å²) < 4.78 is 50.3. The minimum absolute atomic E-state index is 0.116. The van der Waals surface area contributed by atoms with E-state index in [1.807, 2.05) is 13.8 Å². The van der Waals surface area contributed by atoms with Crippen LogP contribution < -0.4 is 5.73 Å². The molecule has 1 aliphatic carbocycles. The van der Waals surface area contributed by atoms with Crippen molar-refractivity contribution < 1.29 is 52.1 Å². The molecule has 0 spiro atoms. The minimum atomic E-state index is -4.77. The van der Waals surface area contributed by atoms with Crippen LogP contribution in [-0.2, 0) is 37.4 Å². The Morgan fingerprint density at radius 3 is 1.70 bits per heavy atom. The molecule has 43 heavy (non-hydrogen) atoms. The highest BCUT2D eigenvalue weighted by Crippen LogP contribution is 2.54. The maximum Gasteiger partial charge on any atom is 0.510 e. The number of carbonyl (C=O) groups is 3. The molecule has 3 atom stereocenters. The van der Waals surface area contributed by atoms with Crippen molar-refractivity contribution in [1.82, 2.24) is 4.90 Å². The summed E-state index contributed by atoms with van der Waals surface area (Å²) in [5.41, 5.74) is 6.23. The third-order valence-electron chi connectivity index (χ3n) is 6.78. The van der Waals surface area contributed by atoms with E-state index < -0.39 is 62.4 Å². The van der Waals surface area contributed by atoms with Crippen LogP contribution in [-0.4, -0.2) is 73.1 Å². The normalized spacial score (nSPS) is 17.9. The lowest BCUT2D eigenvalue weighted by atomic mass is 9.83. The molecule has 1 rings (SSSR count). The number of hydrogen-bond acceptors (Lipinski definition) is 10. The number of carboxylic acid groups (broad SMARTS) is 1. The Hall–Kier alpha value is -2.57. The lowest BCUT2D eigenvalue weighted by molar-refractivity contribution is -0.144. The van der Waals surface area contributed by atoms with Gasteiger partial charge in [-0.2, -0.15) is 0 Å². The predicted molar refractivity (Wildman–Crippen MR) is 159 cm³/mol. The molecule has 3 unspecified atom stereocenters. The summed E-state index contributed by atoms with van der Waals surface area (Å²) in [5.74, 6) is -2.88. The van der Waals surface area contributed by atoms with Crippen LogP contribution in [0.5, 0.6) is 0 Å². The Morgan fingerprint density at radius 1 is 0.884 bits per heavy atom. The van der Waals surface area contributed by atoms with E-state index in [1.54, 1.807) is 27.7 Å². The van der Waals surface area contributed by atoms with Crippen LogP contribution in [0.25, 0.3) is 0 Å². The molecular weight excluding hydrogens is 585 g/mol. The van der Waals surface area contributed by atoms with E-state index in [9.17, 15) is 24.1 Å². The summed E-state index contributed by atoms with van der Waals surface area (Å²) in [6.45, 7) is 10.6. The molecule has 1 aliphatic rings. The molecule has 3 N–H and O–H groups in total. The van der Waals surface area contributed by atoms with E-state index in [2.05, 4.69) is 4.76 Å². The first-order valence-electron chi connectivity index (χ1n) is 15.2. The first-order valence-corrected chi connectivity index (χ1v) is 16.7. The number of nitrogens with zero attached hydrogens (tertiary/aromatic N) is 2. The highest BCUT2D eigenvalue weighted by molar-refractivity contribution is 7.52. The van der Waals surface area contributed by atoms with Crippen LogP contribution in [0.15, 0.2) is 4.76 Å². The molecule has 0 radical (unpaired) electrons. The molecule has 0 saturated heterocycles. The average molecular weight is 638 g/mol. The van der Waals surface area contributed by atoms with E-state index in [1.165, 1.54) is 11.9 Å². The maximum absolute atomic E-state index is 14.3. The van der Waals surface area contributed by atoms with Gasteiger partial charge in [0.15, 0.2) is 0 Å². The molecule has 0 aromatic heterocycles. The third kappa shape index (κ3) is 14.2. The number of likely N-dealkylation sites (N-methyl/N-ethyl adjacent to an activating group) is 1. The second-order valence-electron chi connectivity index (χ2n) is 11.3. The Labute approximate surface area is 255 Å². The van der Waals surface area contributed by atoms with Gasteiger partial charge < -0.3 is 34.7 Å². The van der Waals surface area contributed by atoms with Gasteiger partial charge in [-0.3, -0.25) is 0 Å². The molecule has 15 heteroatoms. The van der Waals surface area contributed by atoms with Gasteiger partial charge in [-0.25, -0.2) is 28.0 Å². The summed E-state index contributed by atoms with van der Waals surface area (Å²) in [6.07, 6.45) is 1.92. The Bertz CT molecular complexity index is 899. The lowest BCUT2D eigenvalue weighted by Crippen LogP contribution is -2.50. The number of hydrogen-bond donors (Lipinski definition) is 2. The molecule has 14 nitrogen and oxygen atoms in total. The van der Waals surface area contributed by atoms with Crippen LogP contribution in [0, 0.1) is 17.8 Å². The van der Waals surface area contributed by atoms with Gasteiger partial charge in [0.2, 0.25) is 18.5 Å². The molecule has 1 saturated carbocycles. The molecule has 0 aromatic carbocycles. The van der Waals surface area contributed by atoms with Crippen molar-refractivity contribution in [1.29, 1.82) is 0 Å². The number of aliphatic carboxylic acids is 1. The number of ether oxygens (including phenoxy) is 4. The Balaban J connectivity index is 3.39. The molecule has 1 fully saturated rings. The second kappa shape index (κ2) is 19.7. The number of nitrogens with two attached hydrogens (primary N) is 1. The van der Waals surface area contributed by atoms with Crippen LogP contribution in [0.4, 0.5) is 9.59 Å². The van der Waals surface area contributed by atoms with Crippen molar-refractivity contribution in [3.8, 4) is 0 Å². The standard InChI is InChI=1S/C28H52N3O11P/c1-8-10-17-37-27(34)39-24(19(3)4)41-43(36,42-25(20(5)6)40-28(35)38-18-11-9-2)30-26(29)31(7)22(23(32)33)21-15-13-12-14-16-21/h19-22,24-25H,8-18H2,1-7H3,(H,32,33)(H2,29,30,36). The van der Waals surface area contributed by atoms with E-state index in [4.69, 9.17) is 33.7 Å². The predicted octanol–water partition coefficient (Wildman–Crippen LogP) is 6.28. The zero-order valence-electron chi connectivity index (χ0n) is 26.7. The fourth-order valence-electron chi connectivity index (χ4n) is 4.22. The first-order chi connectivity index (χ1) is 20.2. The summed E-state index contributed by atoms with van der Waals surface area (Å²) in [7, 11) is -3.34. The van der Waals surface area contributed by atoms with E-state index in [0.29, 0.717) is 25.7 Å². The number of unbranched alkanes of at least 4 members (excludes halogenated alkanes) is 2. The quantitative estimate of drug-likeness (QED) is 0.0427. The van der Waals surface area contributed by atoms with Gasteiger partial charge in [0.1, 0.15) is 6.04 Å². The van der Waals surface area contributed by atoms with E-state index in [-0.39, 0.29) is 19.1 Å². The molecule has 0 aromatic rings. The summed E-state index contributed by atoms with van der Waals surface area (Å²) in [5, 5.41) is 10.0. The second-order valence-corrected chi connectivity index (χ2v) is 12.9. The molecule has 0 amide bonds. The molecule has 250 valence electrons. The summed E-state index contributed by atoms with van der Waals surface area (Å²) in [6, 6.07) is -1.05. The SMILES string of the molecule is CCCCOC(=O)OC(OP(=O)(N=C(N)N(C)C(C(=O)O)C1CCCCC1)OC(OC(=O)OCCCC)C(C)C)C(C)C.